The van der Waals surface area contributed by atoms with Crippen LogP contribution in [0.1, 0.15) is 16.8 Å². The maximum atomic E-state index is 11.7. The molecule has 0 aliphatic rings. The van der Waals surface area contributed by atoms with Crippen LogP contribution in [0.4, 0.5) is 0 Å². The number of aliphatic hydroxyl groups excluding tert-OH is 1. The van der Waals surface area contributed by atoms with Gasteiger partial charge in [-0.1, -0.05) is 6.07 Å². The van der Waals surface area contributed by atoms with Crippen molar-refractivity contribution in [3.05, 3.63) is 23.8 Å². The quantitative estimate of drug-likeness (QED) is 0.458. The Morgan fingerprint density at radius 2 is 1.94 bits per heavy atom. The van der Waals surface area contributed by atoms with Crippen LogP contribution in [-0.2, 0) is 4.79 Å². The van der Waals surface area contributed by atoms with Crippen LogP contribution in [-0.4, -0.2) is 45.0 Å². The third kappa shape index (κ3) is 3.11. The van der Waals surface area contributed by atoms with E-state index in [2.05, 4.69) is 5.32 Å². The number of benzene rings is 1. The minimum Gasteiger partial charge on any atom is -0.504 e. The average molecular weight is 255 g/mol. The number of aromatic hydroxyl groups is 2. The van der Waals surface area contributed by atoms with Gasteiger partial charge in [0.1, 0.15) is 6.04 Å². The van der Waals surface area contributed by atoms with Crippen LogP contribution in [0.15, 0.2) is 18.2 Å². The van der Waals surface area contributed by atoms with E-state index in [1.807, 2.05) is 0 Å². The van der Waals surface area contributed by atoms with Gasteiger partial charge in [0, 0.05) is 13.0 Å². The number of phenols is 2. The highest BCUT2D eigenvalue weighted by Crippen LogP contribution is 2.27. The minimum atomic E-state index is -1.29. The van der Waals surface area contributed by atoms with E-state index in [1.165, 1.54) is 18.2 Å². The average Bonchev–Trinajstić information content (AvgIpc) is 2.31. The number of carbonyl (C=O) groups is 2. The Morgan fingerprint density at radius 1 is 1.28 bits per heavy atom. The first kappa shape index (κ1) is 13.8. The van der Waals surface area contributed by atoms with Crippen LogP contribution in [0.25, 0.3) is 0 Å². The van der Waals surface area contributed by atoms with Gasteiger partial charge in [0.2, 0.25) is 0 Å². The second-order valence-electron chi connectivity index (χ2n) is 3.55. The molecule has 5 N–H and O–H groups in total. The molecule has 0 saturated carbocycles. The zero-order chi connectivity index (χ0) is 13.7. The Morgan fingerprint density at radius 3 is 2.50 bits per heavy atom. The number of aliphatic hydroxyl groups is 1. The van der Waals surface area contributed by atoms with Crippen molar-refractivity contribution in [3.63, 3.8) is 0 Å². The summed E-state index contributed by atoms with van der Waals surface area (Å²) in [5.74, 6) is -3.24. The number of hydrogen-bond donors (Lipinski definition) is 5. The number of hydrogen-bond acceptors (Lipinski definition) is 5. The third-order valence-corrected chi connectivity index (χ3v) is 2.28. The number of carboxylic acid groups (broad SMARTS) is 1. The third-order valence-electron chi connectivity index (χ3n) is 2.28. The first-order valence-corrected chi connectivity index (χ1v) is 5.12. The first-order valence-electron chi connectivity index (χ1n) is 5.12. The van der Waals surface area contributed by atoms with Crippen LogP contribution >= 0.6 is 0 Å². The van der Waals surface area contributed by atoms with E-state index in [1.54, 1.807) is 0 Å². The Balaban J connectivity index is 2.87. The maximum absolute atomic E-state index is 11.7. The van der Waals surface area contributed by atoms with E-state index in [-0.39, 0.29) is 12.0 Å². The standard InChI is InChI=1S/C11H13NO6/c13-5-4-7(11(17)18)12-10(16)6-2-1-3-8(14)9(6)15/h1-3,7,13-15H,4-5H2,(H,12,16)(H,17,18). The normalized spacial score (nSPS) is 11.8. The molecule has 1 amide bonds. The van der Waals surface area contributed by atoms with Crippen molar-refractivity contribution in [2.75, 3.05) is 6.61 Å². The van der Waals surface area contributed by atoms with Gasteiger partial charge in [-0.15, -0.1) is 0 Å². The number of phenolic OH excluding ortho intramolecular Hbond substituents is 2. The molecule has 7 heteroatoms. The smallest absolute Gasteiger partial charge is 0.326 e. The zero-order valence-corrected chi connectivity index (χ0v) is 9.33. The molecule has 1 atom stereocenters. The molecule has 0 spiro atoms. The molecular weight excluding hydrogens is 242 g/mol. The van der Waals surface area contributed by atoms with Gasteiger partial charge in [-0.3, -0.25) is 4.79 Å². The van der Waals surface area contributed by atoms with E-state index in [0.29, 0.717) is 0 Å². The van der Waals surface area contributed by atoms with E-state index in [9.17, 15) is 19.8 Å². The van der Waals surface area contributed by atoms with Gasteiger partial charge in [-0.2, -0.15) is 0 Å². The number of aliphatic carboxylic acids is 1. The summed E-state index contributed by atoms with van der Waals surface area (Å²) in [5.41, 5.74) is -0.237. The number of nitrogens with one attached hydrogen (secondary N) is 1. The summed E-state index contributed by atoms with van der Waals surface area (Å²) in [6, 6.07) is 2.51. The number of carboxylic acids is 1. The molecule has 7 nitrogen and oxygen atoms in total. The molecule has 0 aliphatic carbocycles. The summed E-state index contributed by atoms with van der Waals surface area (Å²) >= 11 is 0. The van der Waals surface area contributed by atoms with E-state index in [4.69, 9.17) is 10.2 Å². The maximum Gasteiger partial charge on any atom is 0.326 e. The summed E-state index contributed by atoms with van der Waals surface area (Å²) in [6.45, 7) is -0.400. The van der Waals surface area contributed by atoms with Crippen molar-refractivity contribution < 1.29 is 30.0 Å². The van der Waals surface area contributed by atoms with Crippen LogP contribution in [0.2, 0.25) is 0 Å². The second kappa shape index (κ2) is 5.87. The predicted octanol–water partition coefficient (Wildman–Crippen LogP) is -0.337. The highest BCUT2D eigenvalue weighted by atomic mass is 16.4. The predicted molar refractivity (Wildman–Crippen MR) is 60.4 cm³/mol. The van der Waals surface area contributed by atoms with Crippen molar-refractivity contribution in [3.8, 4) is 11.5 Å². The lowest BCUT2D eigenvalue weighted by atomic mass is 10.1. The van der Waals surface area contributed by atoms with Crippen LogP contribution in [0, 0.1) is 0 Å². The molecule has 0 saturated heterocycles. The molecule has 0 heterocycles. The van der Waals surface area contributed by atoms with Crippen molar-refractivity contribution in [1.82, 2.24) is 5.32 Å². The molecule has 18 heavy (non-hydrogen) atoms. The fourth-order valence-corrected chi connectivity index (χ4v) is 1.34. The lowest BCUT2D eigenvalue weighted by molar-refractivity contribution is -0.139. The van der Waals surface area contributed by atoms with Gasteiger partial charge in [0.25, 0.3) is 5.91 Å². The minimum absolute atomic E-state index is 0.152. The molecule has 1 unspecified atom stereocenters. The van der Waals surface area contributed by atoms with Gasteiger partial charge in [0.15, 0.2) is 11.5 Å². The molecule has 1 rings (SSSR count). The van der Waals surface area contributed by atoms with E-state index < -0.39 is 36.0 Å². The van der Waals surface area contributed by atoms with E-state index >= 15 is 0 Å². The number of para-hydroxylation sites is 1. The monoisotopic (exact) mass is 255 g/mol. The second-order valence-corrected chi connectivity index (χ2v) is 3.55. The molecule has 1 aromatic carbocycles. The Labute approximate surface area is 102 Å². The number of amides is 1. The fraction of sp³-hybridized carbons (Fsp3) is 0.273. The zero-order valence-electron chi connectivity index (χ0n) is 9.33. The molecule has 0 aliphatic heterocycles. The highest BCUT2D eigenvalue weighted by molar-refractivity contribution is 5.99. The molecular formula is C11H13NO6. The summed E-state index contributed by atoms with van der Waals surface area (Å²) in [5, 5.41) is 38.2. The molecule has 0 aromatic heterocycles. The Hall–Kier alpha value is -2.28. The van der Waals surface area contributed by atoms with Gasteiger partial charge < -0.3 is 25.7 Å². The number of carbonyl (C=O) groups excluding carboxylic acids is 1. The first-order chi connectivity index (χ1) is 8.47. The summed E-state index contributed by atoms with van der Waals surface area (Å²) in [7, 11) is 0. The van der Waals surface area contributed by atoms with Gasteiger partial charge in [-0.25, -0.2) is 4.79 Å². The Kier molecular flexibility index (Phi) is 4.50. The van der Waals surface area contributed by atoms with Crippen LogP contribution < -0.4 is 5.32 Å². The number of rotatable bonds is 5. The summed E-state index contributed by atoms with van der Waals surface area (Å²) in [4.78, 5) is 22.5. The fourth-order valence-electron chi connectivity index (χ4n) is 1.34. The largest absolute Gasteiger partial charge is 0.504 e. The SMILES string of the molecule is O=C(NC(CCO)C(=O)O)c1cccc(O)c1O. The van der Waals surface area contributed by atoms with Gasteiger partial charge in [0.05, 0.1) is 5.56 Å². The summed E-state index contributed by atoms with van der Waals surface area (Å²) in [6.07, 6.45) is -0.152. The van der Waals surface area contributed by atoms with E-state index in [0.717, 1.165) is 0 Å². The molecule has 0 radical (unpaired) electrons. The molecule has 0 bridgehead atoms. The topological polar surface area (TPSA) is 127 Å². The van der Waals surface area contributed by atoms with Crippen molar-refractivity contribution >= 4 is 11.9 Å². The van der Waals surface area contributed by atoms with Crippen molar-refractivity contribution in [2.24, 2.45) is 0 Å². The lowest BCUT2D eigenvalue weighted by Crippen LogP contribution is -2.41. The molecule has 98 valence electrons. The van der Waals surface area contributed by atoms with Gasteiger partial charge >= 0.3 is 5.97 Å². The van der Waals surface area contributed by atoms with Gasteiger partial charge in [-0.05, 0) is 12.1 Å². The lowest BCUT2D eigenvalue weighted by Gasteiger charge is -2.13. The van der Waals surface area contributed by atoms with Crippen LogP contribution in [0.3, 0.4) is 0 Å². The van der Waals surface area contributed by atoms with Crippen molar-refractivity contribution in [1.29, 1.82) is 0 Å². The molecule has 0 fully saturated rings. The summed E-state index contributed by atoms with van der Waals surface area (Å²) < 4.78 is 0. The Bertz CT molecular complexity index is 459. The van der Waals surface area contributed by atoms with Crippen molar-refractivity contribution in [2.45, 2.75) is 12.5 Å². The highest BCUT2D eigenvalue weighted by Gasteiger charge is 2.22. The molecule has 1 aromatic rings. The van der Waals surface area contributed by atoms with Crippen LogP contribution in [0.5, 0.6) is 11.5 Å².